The molecule has 140 valence electrons. The summed E-state index contributed by atoms with van der Waals surface area (Å²) < 4.78 is 6.00. The van der Waals surface area contributed by atoms with Gasteiger partial charge in [0.25, 0.3) is 5.91 Å². The molecule has 0 aliphatic heterocycles. The Morgan fingerprint density at radius 1 is 0.964 bits per heavy atom. The van der Waals surface area contributed by atoms with Crippen LogP contribution in [-0.2, 0) is 0 Å². The third-order valence-corrected chi connectivity index (χ3v) is 4.61. The number of esters is 1. The summed E-state index contributed by atoms with van der Waals surface area (Å²) in [5.41, 5.74) is 4.10. The molecule has 0 spiro atoms. The van der Waals surface area contributed by atoms with E-state index >= 15 is 0 Å². The van der Waals surface area contributed by atoms with Crippen molar-refractivity contribution in [3.8, 4) is 5.75 Å². The van der Waals surface area contributed by atoms with E-state index in [-0.39, 0.29) is 5.91 Å². The van der Waals surface area contributed by atoms with Gasteiger partial charge in [-0.2, -0.15) is 5.10 Å². The summed E-state index contributed by atoms with van der Waals surface area (Å²) in [5.74, 6) is -0.398. The SMILES string of the molecule is O=C(Oc1ccc(C=NNC(=O)c2ccccc2Br)cc1)c1ccc(Cl)cc1. The highest BCUT2D eigenvalue weighted by molar-refractivity contribution is 9.10. The topological polar surface area (TPSA) is 67.8 Å². The highest BCUT2D eigenvalue weighted by atomic mass is 79.9. The number of hydrogen-bond donors (Lipinski definition) is 1. The van der Waals surface area contributed by atoms with Crippen molar-refractivity contribution in [2.75, 3.05) is 0 Å². The minimum absolute atomic E-state index is 0.322. The van der Waals surface area contributed by atoms with E-state index in [4.69, 9.17) is 16.3 Å². The molecule has 0 aliphatic carbocycles. The Morgan fingerprint density at radius 3 is 2.32 bits per heavy atom. The van der Waals surface area contributed by atoms with Gasteiger partial charge in [0, 0.05) is 9.50 Å². The molecule has 0 heterocycles. The molecule has 0 atom stereocenters. The van der Waals surface area contributed by atoms with Gasteiger partial charge in [0.1, 0.15) is 5.75 Å². The zero-order valence-corrected chi connectivity index (χ0v) is 16.8. The normalized spacial score (nSPS) is 10.6. The Balaban J connectivity index is 1.57. The van der Waals surface area contributed by atoms with Crippen molar-refractivity contribution in [1.82, 2.24) is 5.43 Å². The van der Waals surface area contributed by atoms with E-state index in [2.05, 4.69) is 26.5 Å². The third kappa shape index (κ3) is 5.28. The van der Waals surface area contributed by atoms with Crippen LogP contribution in [0.2, 0.25) is 5.02 Å². The second kappa shape index (κ2) is 9.30. The number of rotatable bonds is 5. The molecule has 1 N–H and O–H groups in total. The molecule has 0 aromatic heterocycles. The van der Waals surface area contributed by atoms with Crippen LogP contribution in [0, 0.1) is 0 Å². The molecule has 0 bridgehead atoms. The van der Waals surface area contributed by atoms with Crippen LogP contribution in [0.1, 0.15) is 26.3 Å². The molecule has 28 heavy (non-hydrogen) atoms. The van der Waals surface area contributed by atoms with Gasteiger partial charge in [0.15, 0.2) is 0 Å². The highest BCUT2D eigenvalue weighted by Gasteiger charge is 2.09. The minimum atomic E-state index is -0.473. The van der Waals surface area contributed by atoms with E-state index in [1.54, 1.807) is 66.7 Å². The van der Waals surface area contributed by atoms with Gasteiger partial charge in [-0.3, -0.25) is 4.79 Å². The van der Waals surface area contributed by atoms with Crippen molar-refractivity contribution in [2.45, 2.75) is 0 Å². The first-order valence-corrected chi connectivity index (χ1v) is 9.36. The van der Waals surface area contributed by atoms with Crippen molar-refractivity contribution >= 4 is 45.6 Å². The number of halogens is 2. The molecule has 0 saturated carbocycles. The first-order chi connectivity index (χ1) is 13.5. The number of carbonyl (C=O) groups excluding carboxylic acids is 2. The summed E-state index contributed by atoms with van der Waals surface area (Å²) in [6.07, 6.45) is 1.50. The first kappa shape index (κ1) is 19.8. The maximum Gasteiger partial charge on any atom is 0.343 e. The maximum absolute atomic E-state index is 12.1. The molecular weight excluding hydrogens is 444 g/mol. The van der Waals surface area contributed by atoms with Crippen molar-refractivity contribution < 1.29 is 14.3 Å². The monoisotopic (exact) mass is 456 g/mol. The van der Waals surface area contributed by atoms with Crippen LogP contribution in [0.4, 0.5) is 0 Å². The zero-order chi connectivity index (χ0) is 19.9. The number of carbonyl (C=O) groups is 2. The van der Waals surface area contributed by atoms with Crippen LogP contribution in [0.15, 0.2) is 82.4 Å². The lowest BCUT2D eigenvalue weighted by Gasteiger charge is -2.05. The number of hydrazone groups is 1. The molecule has 3 aromatic carbocycles. The van der Waals surface area contributed by atoms with E-state index in [0.717, 1.165) is 5.56 Å². The summed E-state index contributed by atoms with van der Waals surface area (Å²) >= 11 is 9.13. The first-order valence-electron chi connectivity index (χ1n) is 8.19. The molecule has 0 unspecified atom stereocenters. The van der Waals surface area contributed by atoms with Gasteiger partial charge in [-0.25, -0.2) is 10.2 Å². The standard InChI is InChI=1S/C21H14BrClN2O3/c22-19-4-2-1-3-18(19)20(26)25-24-13-14-5-11-17(12-6-14)28-21(27)15-7-9-16(23)10-8-15/h1-13H,(H,25,26). The van der Waals surface area contributed by atoms with E-state index < -0.39 is 5.97 Å². The average molecular weight is 458 g/mol. The second-order valence-corrected chi connectivity index (χ2v) is 6.94. The molecule has 1 amide bonds. The van der Waals surface area contributed by atoms with Crippen LogP contribution in [-0.4, -0.2) is 18.1 Å². The lowest BCUT2D eigenvalue weighted by molar-refractivity contribution is 0.0734. The van der Waals surface area contributed by atoms with Crippen LogP contribution >= 0.6 is 27.5 Å². The predicted octanol–water partition coefficient (Wildman–Crippen LogP) is 5.09. The summed E-state index contributed by atoms with van der Waals surface area (Å²) in [6, 6.07) is 20.2. The Kier molecular flexibility index (Phi) is 6.57. The molecule has 7 heteroatoms. The van der Waals surface area contributed by atoms with E-state index in [1.807, 2.05) is 6.07 Å². The number of amides is 1. The number of hydrogen-bond acceptors (Lipinski definition) is 4. The Morgan fingerprint density at radius 2 is 1.64 bits per heavy atom. The van der Waals surface area contributed by atoms with Gasteiger partial charge < -0.3 is 4.74 Å². The lowest BCUT2D eigenvalue weighted by atomic mass is 10.2. The van der Waals surface area contributed by atoms with Crippen LogP contribution in [0.5, 0.6) is 5.75 Å². The fourth-order valence-corrected chi connectivity index (χ4v) is 2.84. The second-order valence-electron chi connectivity index (χ2n) is 5.64. The number of nitrogens with one attached hydrogen (secondary N) is 1. The smallest absolute Gasteiger partial charge is 0.343 e. The van der Waals surface area contributed by atoms with Gasteiger partial charge in [0.2, 0.25) is 0 Å². The van der Waals surface area contributed by atoms with E-state index in [1.165, 1.54) is 6.21 Å². The van der Waals surface area contributed by atoms with Crippen molar-refractivity contribution in [2.24, 2.45) is 5.10 Å². The van der Waals surface area contributed by atoms with Gasteiger partial charge in [-0.15, -0.1) is 0 Å². The Hall–Kier alpha value is -2.96. The fourth-order valence-electron chi connectivity index (χ4n) is 2.24. The predicted molar refractivity (Wildman–Crippen MR) is 112 cm³/mol. The van der Waals surface area contributed by atoms with Crippen LogP contribution < -0.4 is 10.2 Å². The molecule has 5 nitrogen and oxygen atoms in total. The maximum atomic E-state index is 12.1. The number of benzene rings is 3. The summed E-state index contributed by atoms with van der Waals surface area (Å²) in [5, 5.41) is 4.49. The average Bonchev–Trinajstić information content (AvgIpc) is 2.70. The lowest BCUT2D eigenvalue weighted by Crippen LogP contribution is -2.18. The van der Waals surface area contributed by atoms with E-state index in [0.29, 0.717) is 26.4 Å². The van der Waals surface area contributed by atoms with Gasteiger partial charge >= 0.3 is 5.97 Å². The van der Waals surface area contributed by atoms with Gasteiger partial charge in [-0.05, 0) is 82.2 Å². The highest BCUT2D eigenvalue weighted by Crippen LogP contribution is 2.16. The van der Waals surface area contributed by atoms with Crippen LogP contribution in [0.3, 0.4) is 0 Å². The molecular formula is C21H14BrClN2O3. The van der Waals surface area contributed by atoms with Gasteiger partial charge in [0.05, 0.1) is 17.3 Å². The fraction of sp³-hybridized carbons (Fsp3) is 0. The number of nitrogens with zero attached hydrogens (tertiary/aromatic N) is 1. The van der Waals surface area contributed by atoms with Crippen LogP contribution in [0.25, 0.3) is 0 Å². The summed E-state index contributed by atoms with van der Waals surface area (Å²) in [6.45, 7) is 0. The summed E-state index contributed by atoms with van der Waals surface area (Å²) in [4.78, 5) is 24.1. The molecule has 0 fully saturated rings. The van der Waals surface area contributed by atoms with E-state index in [9.17, 15) is 9.59 Å². The van der Waals surface area contributed by atoms with Crippen molar-refractivity contribution in [1.29, 1.82) is 0 Å². The summed E-state index contributed by atoms with van der Waals surface area (Å²) in [7, 11) is 0. The molecule has 0 aliphatic rings. The number of ether oxygens (including phenoxy) is 1. The molecule has 0 saturated heterocycles. The zero-order valence-electron chi connectivity index (χ0n) is 14.4. The molecule has 0 radical (unpaired) electrons. The largest absolute Gasteiger partial charge is 0.423 e. The minimum Gasteiger partial charge on any atom is -0.423 e. The van der Waals surface area contributed by atoms with Gasteiger partial charge in [-0.1, -0.05) is 23.7 Å². The van der Waals surface area contributed by atoms with Crippen molar-refractivity contribution in [3.05, 3.63) is 99.0 Å². The Labute approximate surface area is 175 Å². The molecule has 3 aromatic rings. The molecule has 3 rings (SSSR count). The Bertz CT molecular complexity index is 1020. The quantitative estimate of drug-likeness (QED) is 0.251. The van der Waals surface area contributed by atoms with Crippen molar-refractivity contribution in [3.63, 3.8) is 0 Å². The third-order valence-electron chi connectivity index (χ3n) is 3.67.